The molecule has 1 aliphatic rings. The van der Waals surface area contributed by atoms with Gasteiger partial charge in [0.05, 0.1) is 11.7 Å². The summed E-state index contributed by atoms with van der Waals surface area (Å²) < 4.78 is 0. The lowest BCUT2D eigenvalue weighted by Gasteiger charge is -2.16. The number of nitrogens with zero attached hydrogens (tertiary/aromatic N) is 2. The molecule has 0 saturated carbocycles. The predicted octanol–water partition coefficient (Wildman–Crippen LogP) is 0.870. The molecule has 0 bridgehead atoms. The fourth-order valence-electron chi connectivity index (χ4n) is 2.54. The molecule has 2 aromatic rings. The summed E-state index contributed by atoms with van der Waals surface area (Å²) in [5.41, 5.74) is 7.77. The van der Waals surface area contributed by atoms with Gasteiger partial charge < -0.3 is 10.6 Å². The zero-order valence-corrected chi connectivity index (χ0v) is 10.1. The van der Waals surface area contributed by atoms with Crippen LogP contribution in [0.25, 0.3) is 10.9 Å². The Hall–Kier alpha value is -1.88. The highest BCUT2D eigenvalue weighted by Crippen LogP contribution is 2.22. The molecule has 1 aromatic heterocycles. The monoisotopic (exact) mass is 244 g/mol. The topological polar surface area (TPSA) is 75.0 Å². The standard InChI is InChI=1S/C13H16N4O/c14-5-9-4-13(18)17(7-9)8-10-2-1-3-12-11(10)6-15-16-12/h1-3,6,9H,4-5,7-8,14H2,(H,15,16). The van der Waals surface area contributed by atoms with Crippen molar-refractivity contribution in [1.29, 1.82) is 0 Å². The van der Waals surface area contributed by atoms with Gasteiger partial charge in [-0.2, -0.15) is 5.10 Å². The van der Waals surface area contributed by atoms with Crippen molar-refractivity contribution in [3.63, 3.8) is 0 Å². The lowest BCUT2D eigenvalue weighted by molar-refractivity contribution is -0.128. The van der Waals surface area contributed by atoms with Crippen molar-refractivity contribution < 1.29 is 4.79 Å². The second-order valence-corrected chi connectivity index (χ2v) is 4.83. The average molecular weight is 244 g/mol. The molecule has 94 valence electrons. The Labute approximate surface area is 105 Å². The van der Waals surface area contributed by atoms with Crippen LogP contribution in [0.5, 0.6) is 0 Å². The fraction of sp³-hybridized carbons (Fsp3) is 0.385. The smallest absolute Gasteiger partial charge is 0.223 e. The van der Waals surface area contributed by atoms with Gasteiger partial charge in [0.15, 0.2) is 0 Å². The van der Waals surface area contributed by atoms with Gasteiger partial charge in [-0.3, -0.25) is 9.89 Å². The number of nitrogens with one attached hydrogen (secondary N) is 1. The minimum absolute atomic E-state index is 0.200. The first-order valence-corrected chi connectivity index (χ1v) is 6.16. The Morgan fingerprint density at radius 2 is 2.39 bits per heavy atom. The average Bonchev–Trinajstić information content (AvgIpc) is 2.97. The summed E-state index contributed by atoms with van der Waals surface area (Å²) in [7, 11) is 0. The number of hydrogen-bond donors (Lipinski definition) is 2. The molecule has 1 amide bonds. The third kappa shape index (κ3) is 1.86. The Bertz CT molecular complexity index is 577. The number of carbonyl (C=O) groups is 1. The first kappa shape index (κ1) is 11.2. The highest BCUT2D eigenvalue weighted by molar-refractivity contribution is 5.83. The van der Waals surface area contributed by atoms with Crippen molar-refractivity contribution in [3.8, 4) is 0 Å². The number of H-pyrrole nitrogens is 1. The van der Waals surface area contributed by atoms with E-state index < -0.39 is 0 Å². The van der Waals surface area contributed by atoms with Crippen molar-refractivity contribution in [3.05, 3.63) is 30.0 Å². The Morgan fingerprint density at radius 1 is 1.50 bits per heavy atom. The number of aromatic nitrogens is 2. The minimum Gasteiger partial charge on any atom is -0.338 e. The fourth-order valence-corrected chi connectivity index (χ4v) is 2.54. The van der Waals surface area contributed by atoms with E-state index in [1.807, 2.05) is 29.3 Å². The van der Waals surface area contributed by atoms with Crippen LogP contribution in [0.2, 0.25) is 0 Å². The quantitative estimate of drug-likeness (QED) is 0.841. The van der Waals surface area contributed by atoms with Gasteiger partial charge in [-0.05, 0) is 24.1 Å². The van der Waals surface area contributed by atoms with E-state index in [1.165, 1.54) is 0 Å². The summed E-state index contributed by atoms with van der Waals surface area (Å²) in [6.07, 6.45) is 2.39. The second-order valence-electron chi connectivity index (χ2n) is 4.83. The van der Waals surface area contributed by atoms with Gasteiger partial charge in [0.25, 0.3) is 0 Å². The summed E-state index contributed by atoms with van der Waals surface area (Å²) in [5.74, 6) is 0.506. The predicted molar refractivity (Wildman–Crippen MR) is 68.7 cm³/mol. The molecule has 1 atom stereocenters. The van der Waals surface area contributed by atoms with Crippen LogP contribution >= 0.6 is 0 Å². The minimum atomic E-state index is 0.200. The molecular weight excluding hydrogens is 228 g/mol. The van der Waals surface area contributed by atoms with Crippen LogP contribution in [-0.2, 0) is 11.3 Å². The molecule has 0 aliphatic carbocycles. The van der Waals surface area contributed by atoms with E-state index in [4.69, 9.17) is 5.73 Å². The Balaban J connectivity index is 1.84. The molecule has 1 aliphatic heterocycles. The molecule has 1 aromatic carbocycles. The van der Waals surface area contributed by atoms with Gasteiger partial charge in [0.2, 0.25) is 5.91 Å². The maximum Gasteiger partial charge on any atom is 0.223 e. The maximum absolute atomic E-state index is 11.9. The molecule has 18 heavy (non-hydrogen) atoms. The van der Waals surface area contributed by atoms with E-state index in [2.05, 4.69) is 10.2 Å². The number of likely N-dealkylation sites (tertiary alicyclic amines) is 1. The summed E-state index contributed by atoms with van der Waals surface area (Å²) in [4.78, 5) is 13.8. The highest BCUT2D eigenvalue weighted by Gasteiger charge is 2.28. The molecule has 0 spiro atoms. The zero-order valence-electron chi connectivity index (χ0n) is 10.1. The van der Waals surface area contributed by atoms with E-state index in [0.29, 0.717) is 25.4 Å². The van der Waals surface area contributed by atoms with Crippen molar-refractivity contribution in [2.24, 2.45) is 11.7 Å². The number of aromatic amines is 1. The number of benzene rings is 1. The van der Waals surface area contributed by atoms with Gasteiger partial charge in [-0.1, -0.05) is 12.1 Å². The molecule has 5 heteroatoms. The normalized spacial score (nSPS) is 19.9. The molecule has 1 unspecified atom stereocenters. The number of hydrogen-bond acceptors (Lipinski definition) is 3. The van der Waals surface area contributed by atoms with E-state index >= 15 is 0 Å². The van der Waals surface area contributed by atoms with Crippen LogP contribution in [0.3, 0.4) is 0 Å². The first-order valence-electron chi connectivity index (χ1n) is 6.16. The van der Waals surface area contributed by atoms with E-state index in [9.17, 15) is 4.79 Å². The van der Waals surface area contributed by atoms with Crippen molar-refractivity contribution >= 4 is 16.8 Å². The third-order valence-corrected chi connectivity index (χ3v) is 3.56. The zero-order chi connectivity index (χ0) is 12.5. The molecule has 3 rings (SSSR count). The van der Waals surface area contributed by atoms with Crippen molar-refractivity contribution in [2.45, 2.75) is 13.0 Å². The number of rotatable bonds is 3. The lowest BCUT2D eigenvalue weighted by atomic mass is 10.1. The summed E-state index contributed by atoms with van der Waals surface area (Å²) in [6.45, 7) is 1.99. The Kier molecular flexibility index (Phi) is 2.76. The highest BCUT2D eigenvalue weighted by atomic mass is 16.2. The van der Waals surface area contributed by atoms with Gasteiger partial charge in [-0.15, -0.1) is 0 Å². The molecular formula is C13H16N4O. The summed E-state index contributed by atoms with van der Waals surface area (Å²) >= 11 is 0. The van der Waals surface area contributed by atoms with E-state index in [0.717, 1.165) is 23.0 Å². The largest absolute Gasteiger partial charge is 0.338 e. The van der Waals surface area contributed by atoms with Crippen molar-refractivity contribution in [2.75, 3.05) is 13.1 Å². The van der Waals surface area contributed by atoms with E-state index in [1.54, 1.807) is 0 Å². The summed E-state index contributed by atoms with van der Waals surface area (Å²) in [5, 5.41) is 8.07. The Morgan fingerprint density at radius 3 is 3.17 bits per heavy atom. The number of amides is 1. The SMILES string of the molecule is NCC1CC(=O)N(Cc2cccc3[nH]ncc23)C1. The van der Waals surface area contributed by atoms with Gasteiger partial charge >= 0.3 is 0 Å². The van der Waals surface area contributed by atoms with Gasteiger partial charge in [0, 0.05) is 24.9 Å². The van der Waals surface area contributed by atoms with Crippen LogP contribution in [-0.4, -0.2) is 34.1 Å². The molecule has 2 heterocycles. The van der Waals surface area contributed by atoms with Gasteiger partial charge in [-0.25, -0.2) is 0 Å². The second kappa shape index (κ2) is 4.42. The number of fused-ring (bicyclic) bond motifs is 1. The van der Waals surface area contributed by atoms with Crippen LogP contribution in [0.15, 0.2) is 24.4 Å². The first-order chi connectivity index (χ1) is 8.78. The number of nitrogens with two attached hydrogens (primary N) is 1. The number of carbonyl (C=O) groups excluding carboxylic acids is 1. The molecule has 1 saturated heterocycles. The molecule has 3 N–H and O–H groups in total. The lowest BCUT2D eigenvalue weighted by Crippen LogP contribution is -2.25. The van der Waals surface area contributed by atoms with Crippen LogP contribution in [0.1, 0.15) is 12.0 Å². The van der Waals surface area contributed by atoms with Crippen molar-refractivity contribution in [1.82, 2.24) is 15.1 Å². The van der Waals surface area contributed by atoms with Crippen LogP contribution < -0.4 is 5.73 Å². The maximum atomic E-state index is 11.9. The molecule has 1 fully saturated rings. The molecule has 5 nitrogen and oxygen atoms in total. The third-order valence-electron chi connectivity index (χ3n) is 3.56. The molecule has 0 radical (unpaired) electrons. The van der Waals surface area contributed by atoms with Crippen LogP contribution in [0, 0.1) is 5.92 Å². The van der Waals surface area contributed by atoms with Crippen LogP contribution in [0.4, 0.5) is 0 Å². The van der Waals surface area contributed by atoms with E-state index in [-0.39, 0.29) is 5.91 Å². The van der Waals surface area contributed by atoms with Gasteiger partial charge in [0.1, 0.15) is 0 Å². The summed E-state index contributed by atoms with van der Waals surface area (Å²) in [6, 6.07) is 6.01.